The molecular weight excluding hydrogens is 366 g/mol. The van der Waals surface area contributed by atoms with E-state index in [1.807, 2.05) is 12.1 Å². The molecule has 1 heterocycles. The topological polar surface area (TPSA) is 56.2 Å². The van der Waals surface area contributed by atoms with Crippen molar-refractivity contribution in [1.82, 2.24) is 9.80 Å². The van der Waals surface area contributed by atoms with Gasteiger partial charge < -0.3 is 14.9 Å². The predicted molar refractivity (Wildman–Crippen MR) is 102 cm³/mol. The van der Waals surface area contributed by atoms with E-state index in [-0.39, 0.29) is 18.4 Å². The van der Waals surface area contributed by atoms with Crippen LogP contribution in [-0.2, 0) is 13.1 Å². The number of rotatable bonds is 7. The van der Waals surface area contributed by atoms with Gasteiger partial charge in [0.15, 0.2) is 23.1 Å². The summed E-state index contributed by atoms with van der Waals surface area (Å²) in [5.41, 5.74) is 1.50. The van der Waals surface area contributed by atoms with Crippen LogP contribution >= 0.6 is 0 Å². The molecule has 2 N–H and O–H groups in total. The summed E-state index contributed by atoms with van der Waals surface area (Å²) in [7, 11) is 1.52. The molecule has 0 spiro atoms. The maximum Gasteiger partial charge on any atom is 0.162 e. The van der Waals surface area contributed by atoms with E-state index in [4.69, 9.17) is 4.74 Å². The Kier molecular flexibility index (Phi) is 6.83. The van der Waals surface area contributed by atoms with E-state index in [9.17, 15) is 19.0 Å². The molecule has 2 aromatic rings. The highest BCUT2D eigenvalue weighted by Crippen LogP contribution is 2.31. The SMILES string of the molecule is COc1cccc(CN2CCN(Cc3ccc(F)c(F)c3)[C@H](CCO)C2)c1O. The van der Waals surface area contributed by atoms with Gasteiger partial charge in [0.2, 0.25) is 0 Å². The summed E-state index contributed by atoms with van der Waals surface area (Å²) in [5.74, 6) is -1.10. The van der Waals surface area contributed by atoms with Gasteiger partial charge in [-0.1, -0.05) is 18.2 Å². The second-order valence-corrected chi connectivity index (χ2v) is 7.09. The lowest BCUT2D eigenvalue weighted by Crippen LogP contribution is -2.52. The van der Waals surface area contributed by atoms with Gasteiger partial charge in [-0.3, -0.25) is 9.80 Å². The predicted octanol–water partition coefficient (Wildman–Crippen LogP) is 2.75. The number of nitrogens with zero attached hydrogens (tertiary/aromatic N) is 2. The molecule has 152 valence electrons. The van der Waals surface area contributed by atoms with Crippen LogP contribution in [0.3, 0.4) is 0 Å². The van der Waals surface area contributed by atoms with Crippen molar-refractivity contribution in [2.24, 2.45) is 0 Å². The van der Waals surface area contributed by atoms with E-state index < -0.39 is 11.6 Å². The zero-order valence-corrected chi connectivity index (χ0v) is 15.9. The molecule has 1 atom stereocenters. The summed E-state index contributed by atoms with van der Waals surface area (Å²) >= 11 is 0. The molecule has 1 aliphatic heterocycles. The smallest absolute Gasteiger partial charge is 0.162 e. The Morgan fingerprint density at radius 3 is 2.64 bits per heavy atom. The molecule has 2 aromatic carbocycles. The van der Waals surface area contributed by atoms with Crippen LogP contribution in [0.25, 0.3) is 0 Å². The standard InChI is InChI=1S/C21H26F2N2O3/c1-28-20-4-2-3-16(21(20)27)13-24-8-9-25(17(14-24)7-10-26)12-15-5-6-18(22)19(23)11-15/h2-6,11,17,26-27H,7-10,12-14H2,1H3/t17-/m1/s1. The largest absolute Gasteiger partial charge is 0.504 e. The van der Waals surface area contributed by atoms with Gasteiger partial charge in [-0.05, 0) is 30.2 Å². The number of benzene rings is 2. The molecule has 28 heavy (non-hydrogen) atoms. The number of para-hydroxylation sites is 1. The van der Waals surface area contributed by atoms with E-state index in [1.165, 1.54) is 13.2 Å². The Hall–Kier alpha value is -2.22. The van der Waals surface area contributed by atoms with Crippen LogP contribution in [0.5, 0.6) is 11.5 Å². The van der Waals surface area contributed by atoms with Gasteiger partial charge in [0.25, 0.3) is 0 Å². The lowest BCUT2D eigenvalue weighted by Gasteiger charge is -2.41. The Labute approximate surface area is 163 Å². The van der Waals surface area contributed by atoms with Crippen LogP contribution in [0.15, 0.2) is 36.4 Å². The molecule has 0 bridgehead atoms. The van der Waals surface area contributed by atoms with Gasteiger partial charge in [0.05, 0.1) is 7.11 Å². The van der Waals surface area contributed by atoms with E-state index in [1.54, 1.807) is 12.1 Å². The lowest BCUT2D eigenvalue weighted by molar-refractivity contribution is 0.0495. The van der Waals surface area contributed by atoms with Gasteiger partial charge in [0, 0.05) is 50.9 Å². The molecule has 5 nitrogen and oxygen atoms in total. The number of ether oxygens (including phenoxy) is 1. The molecule has 0 amide bonds. The molecule has 0 aromatic heterocycles. The summed E-state index contributed by atoms with van der Waals surface area (Å²) in [6.45, 7) is 3.33. The van der Waals surface area contributed by atoms with Gasteiger partial charge in [0.1, 0.15) is 0 Å². The van der Waals surface area contributed by atoms with Gasteiger partial charge in [-0.15, -0.1) is 0 Å². The van der Waals surface area contributed by atoms with Crippen LogP contribution in [-0.4, -0.2) is 59.4 Å². The zero-order valence-electron chi connectivity index (χ0n) is 15.9. The molecule has 1 saturated heterocycles. The number of aromatic hydroxyl groups is 1. The van der Waals surface area contributed by atoms with Crippen LogP contribution in [0, 0.1) is 11.6 Å². The third kappa shape index (κ3) is 4.79. The Morgan fingerprint density at radius 1 is 1.11 bits per heavy atom. The van der Waals surface area contributed by atoms with Gasteiger partial charge >= 0.3 is 0 Å². The fourth-order valence-corrected chi connectivity index (χ4v) is 3.71. The quantitative estimate of drug-likeness (QED) is 0.759. The summed E-state index contributed by atoms with van der Waals surface area (Å²) in [5, 5.41) is 19.8. The van der Waals surface area contributed by atoms with Crippen molar-refractivity contribution in [1.29, 1.82) is 0 Å². The fourth-order valence-electron chi connectivity index (χ4n) is 3.71. The monoisotopic (exact) mass is 392 g/mol. The van der Waals surface area contributed by atoms with E-state index in [0.29, 0.717) is 37.4 Å². The Bertz CT molecular complexity index is 803. The van der Waals surface area contributed by atoms with Crippen molar-refractivity contribution in [3.63, 3.8) is 0 Å². The van der Waals surface area contributed by atoms with Crippen molar-refractivity contribution in [2.75, 3.05) is 33.4 Å². The van der Waals surface area contributed by atoms with E-state index >= 15 is 0 Å². The number of halogens is 2. The average Bonchev–Trinajstić information content (AvgIpc) is 2.68. The minimum atomic E-state index is -0.849. The minimum absolute atomic E-state index is 0.0528. The number of aliphatic hydroxyl groups excluding tert-OH is 1. The van der Waals surface area contributed by atoms with Crippen LogP contribution < -0.4 is 4.74 Å². The summed E-state index contributed by atoms with van der Waals surface area (Å²) in [4.78, 5) is 4.40. The number of phenolic OH excluding ortho intramolecular Hbond substituents is 1. The molecule has 0 radical (unpaired) electrons. The molecule has 3 rings (SSSR count). The summed E-state index contributed by atoms with van der Waals surface area (Å²) < 4.78 is 31.8. The molecule has 1 fully saturated rings. The first-order chi connectivity index (χ1) is 13.5. The van der Waals surface area contributed by atoms with Crippen molar-refractivity contribution in [3.8, 4) is 11.5 Å². The van der Waals surface area contributed by atoms with Crippen LogP contribution in [0.4, 0.5) is 8.78 Å². The summed E-state index contributed by atoms with van der Waals surface area (Å²) in [6, 6.07) is 9.48. The highest BCUT2D eigenvalue weighted by atomic mass is 19.2. The van der Waals surface area contributed by atoms with E-state index in [0.717, 1.165) is 24.7 Å². The highest BCUT2D eigenvalue weighted by molar-refractivity contribution is 5.45. The molecule has 0 unspecified atom stereocenters. The van der Waals surface area contributed by atoms with Gasteiger partial charge in [-0.25, -0.2) is 8.78 Å². The lowest BCUT2D eigenvalue weighted by atomic mass is 10.1. The fraction of sp³-hybridized carbons (Fsp3) is 0.429. The van der Waals surface area contributed by atoms with Crippen molar-refractivity contribution < 1.29 is 23.7 Å². The third-order valence-corrected chi connectivity index (χ3v) is 5.22. The summed E-state index contributed by atoms with van der Waals surface area (Å²) in [6.07, 6.45) is 0.588. The number of piperazine rings is 1. The first-order valence-electron chi connectivity index (χ1n) is 9.38. The Morgan fingerprint density at radius 2 is 1.93 bits per heavy atom. The van der Waals surface area contributed by atoms with Crippen LogP contribution in [0.2, 0.25) is 0 Å². The molecule has 0 saturated carbocycles. The third-order valence-electron chi connectivity index (χ3n) is 5.22. The van der Waals surface area contributed by atoms with Crippen molar-refractivity contribution >= 4 is 0 Å². The van der Waals surface area contributed by atoms with Crippen LogP contribution in [0.1, 0.15) is 17.5 Å². The second kappa shape index (κ2) is 9.32. The van der Waals surface area contributed by atoms with Crippen molar-refractivity contribution in [2.45, 2.75) is 25.6 Å². The molecule has 0 aliphatic carbocycles. The zero-order chi connectivity index (χ0) is 20.1. The number of aliphatic hydroxyl groups is 1. The normalized spacial score (nSPS) is 18.4. The van der Waals surface area contributed by atoms with Gasteiger partial charge in [-0.2, -0.15) is 0 Å². The number of phenols is 1. The number of hydrogen-bond acceptors (Lipinski definition) is 5. The Balaban J connectivity index is 1.67. The maximum atomic E-state index is 13.5. The highest BCUT2D eigenvalue weighted by Gasteiger charge is 2.27. The molecule has 1 aliphatic rings. The second-order valence-electron chi connectivity index (χ2n) is 7.09. The number of hydrogen-bond donors (Lipinski definition) is 2. The number of methoxy groups -OCH3 is 1. The minimum Gasteiger partial charge on any atom is -0.504 e. The van der Waals surface area contributed by atoms with Crippen molar-refractivity contribution in [3.05, 3.63) is 59.2 Å². The first-order valence-corrected chi connectivity index (χ1v) is 9.38. The van der Waals surface area contributed by atoms with E-state index in [2.05, 4.69) is 9.80 Å². The first kappa shape index (κ1) is 20.5. The average molecular weight is 392 g/mol. The molecular formula is C21H26F2N2O3. The molecule has 7 heteroatoms. The maximum absolute atomic E-state index is 13.5.